The standard InChI is InChI=1S/C25H27N3O/c1-27(25(29)21-13-20-9-4-5-11-24(20)26-16-21)22-10-6-12-28(17-22)23-14-18-7-2-3-8-19(18)15-23/h2-5,7-9,11,13,16,22-23H,6,10,12,14-15,17H2,1H3. The van der Waals surface area contributed by atoms with Crippen LogP contribution in [-0.4, -0.2) is 52.9 Å². The number of piperidine rings is 1. The number of aromatic nitrogens is 1. The molecular weight excluding hydrogens is 358 g/mol. The summed E-state index contributed by atoms with van der Waals surface area (Å²) in [6, 6.07) is 19.6. The van der Waals surface area contributed by atoms with Gasteiger partial charge in [-0.2, -0.15) is 0 Å². The van der Waals surface area contributed by atoms with Crippen LogP contribution in [0.3, 0.4) is 0 Å². The second-order valence-electron chi connectivity index (χ2n) is 8.45. The lowest BCUT2D eigenvalue weighted by atomic mass is 10.0. The van der Waals surface area contributed by atoms with Crippen molar-refractivity contribution >= 4 is 16.8 Å². The predicted molar refractivity (Wildman–Crippen MR) is 116 cm³/mol. The number of carbonyl (C=O) groups is 1. The van der Waals surface area contributed by atoms with E-state index in [2.05, 4.69) is 34.1 Å². The summed E-state index contributed by atoms with van der Waals surface area (Å²) in [6.07, 6.45) is 6.20. The molecule has 0 saturated carbocycles. The molecule has 2 aliphatic rings. The van der Waals surface area contributed by atoms with E-state index in [1.165, 1.54) is 11.1 Å². The zero-order valence-electron chi connectivity index (χ0n) is 16.9. The summed E-state index contributed by atoms with van der Waals surface area (Å²) in [4.78, 5) is 22.2. The lowest BCUT2D eigenvalue weighted by Crippen LogP contribution is -2.51. The van der Waals surface area contributed by atoms with Gasteiger partial charge in [-0.3, -0.25) is 14.7 Å². The van der Waals surface area contributed by atoms with Crippen LogP contribution in [0.25, 0.3) is 10.9 Å². The molecule has 4 heteroatoms. The number of amides is 1. The first-order valence-electron chi connectivity index (χ1n) is 10.6. The average Bonchev–Trinajstić information content (AvgIpc) is 3.22. The van der Waals surface area contributed by atoms with Gasteiger partial charge in [-0.1, -0.05) is 42.5 Å². The molecule has 1 aliphatic heterocycles. The molecule has 1 amide bonds. The van der Waals surface area contributed by atoms with E-state index in [-0.39, 0.29) is 11.9 Å². The van der Waals surface area contributed by atoms with E-state index in [1.807, 2.05) is 42.3 Å². The third-order valence-electron chi connectivity index (χ3n) is 6.68. The Kier molecular flexibility index (Phi) is 4.80. The Bertz CT molecular complexity index is 1020. The summed E-state index contributed by atoms with van der Waals surface area (Å²) < 4.78 is 0. The van der Waals surface area contributed by atoms with Gasteiger partial charge in [-0.15, -0.1) is 0 Å². The molecular formula is C25H27N3O. The largest absolute Gasteiger partial charge is 0.337 e. The van der Waals surface area contributed by atoms with Crippen LogP contribution in [0.4, 0.5) is 0 Å². The second-order valence-corrected chi connectivity index (χ2v) is 8.45. The van der Waals surface area contributed by atoms with Gasteiger partial charge in [-0.25, -0.2) is 0 Å². The van der Waals surface area contributed by atoms with Gasteiger partial charge >= 0.3 is 0 Å². The average molecular weight is 386 g/mol. The highest BCUT2D eigenvalue weighted by molar-refractivity contribution is 5.97. The zero-order valence-corrected chi connectivity index (χ0v) is 16.9. The van der Waals surface area contributed by atoms with Crippen molar-refractivity contribution in [1.29, 1.82) is 0 Å². The monoisotopic (exact) mass is 385 g/mol. The van der Waals surface area contributed by atoms with Gasteiger partial charge in [0.1, 0.15) is 0 Å². The van der Waals surface area contributed by atoms with E-state index < -0.39 is 0 Å². The first-order chi connectivity index (χ1) is 14.2. The fraction of sp³-hybridized carbons (Fsp3) is 0.360. The van der Waals surface area contributed by atoms with Crippen molar-refractivity contribution in [3.05, 3.63) is 77.5 Å². The normalized spacial score (nSPS) is 20.0. The van der Waals surface area contributed by atoms with Gasteiger partial charge in [0, 0.05) is 37.3 Å². The number of hydrogen-bond acceptors (Lipinski definition) is 3. The highest BCUT2D eigenvalue weighted by Crippen LogP contribution is 2.28. The molecule has 0 spiro atoms. The van der Waals surface area contributed by atoms with Gasteiger partial charge in [0.15, 0.2) is 0 Å². The maximum Gasteiger partial charge on any atom is 0.255 e. The summed E-state index contributed by atoms with van der Waals surface area (Å²) in [6.45, 7) is 2.09. The molecule has 1 fully saturated rings. The molecule has 5 rings (SSSR count). The molecule has 1 saturated heterocycles. The number of para-hydroxylation sites is 1. The van der Waals surface area contributed by atoms with Crippen LogP contribution in [-0.2, 0) is 12.8 Å². The Labute approximate surface area is 172 Å². The molecule has 0 N–H and O–H groups in total. The molecule has 4 nitrogen and oxygen atoms in total. The van der Waals surface area contributed by atoms with Crippen molar-refractivity contribution in [1.82, 2.24) is 14.8 Å². The minimum absolute atomic E-state index is 0.0739. The smallest absolute Gasteiger partial charge is 0.255 e. The number of carbonyl (C=O) groups excluding carboxylic acids is 1. The van der Waals surface area contributed by atoms with Gasteiger partial charge in [0.2, 0.25) is 0 Å². The van der Waals surface area contributed by atoms with Crippen molar-refractivity contribution in [2.75, 3.05) is 20.1 Å². The quantitative estimate of drug-likeness (QED) is 0.685. The molecule has 2 heterocycles. The summed E-state index contributed by atoms with van der Waals surface area (Å²) in [7, 11) is 1.95. The molecule has 1 unspecified atom stereocenters. The lowest BCUT2D eigenvalue weighted by molar-refractivity contribution is 0.0555. The number of nitrogens with zero attached hydrogens (tertiary/aromatic N) is 3. The highest BCUT2D eigenvalue weighted by Gasteiger charge is 2.33. The van der Waals surface area contributed by atoms with Gasteiger partial charge in [0.05, 0.1) is 11.1 Å². The van der Waals surface area contributed by atoms with E-state index >= 15 is 0 Å². The number of fused-ring (bicyclic) bond motifs is 2. The molecule has 1 aromatic heterocycles. The van der Waals surface area contributed by atoms with E-state index in [4.69, 9.17) is 0 Å². The summed E-state index contributed by atoms with van der Waals surface area (Å²) >= 11 is 0. The van der Waals surface area contributed by atoms with E-state index in [1.54, 1.807) is 6.20 Å². The Balaban J connectivity index is 1.29. The number of pyridine rings is 1. The van der Waals surface area contributed by atoms with Gasteiger partial charge in [-0.05, 0) is 55.5 Å². The number of likely N-dealkylation sites (tertiary alicyclic amines) is 1. The van der Waals surface area contributed by atoms with Crippen LogP contribution in [0.15, 0.2) is 60.8 Å². The second kappa shape index (κ2) is 7.60. The third-order valence-corrected chi connectivity index (χ3v) is 6.68. The first kappa shape index (κ1) is 18.3. The Morgan fingerprint density at radius 2 is 1.79 bits per heavy atom. The van der Waals surface area contributed by atoms with Crippen LogP contribution >= 0.6 is 0 Å². The van der Waals surface area contributed by atoms with Gasteiger partial charge in [0.25, 0.3) is 5.91 Å². The number of benzene rings is 2. The molecule has 3 aromatic rings. The van der Waals surface area contributed by atoms with Crippen LogP contribution in [0.1, 0.15) is 34.3 Å². The zero-order chi connectivity index (χ0) is 19.8. The van der Waals surface area contributed by atoms with Crippen molar-refractivity contribution < 1.29 is 4.79 Å². The maximum atomic E-state index is 13.2. The fourth-order valence-corrected chi connectivity index (χ4v) is 4.98. The summed E-state index contributed by atoms with van der Waals surface area (Å²) in [5.41, 5.74) is 4.59. The predicted octanol–water partition coefficient (Wildman–Crippen LogP) is 3.94. The summed E-state index contributed by atoms with van der Waals surface area (Å²) in [5.74, 6) is 0.0739. The van der Waals surface area contributed by atoms with Gasteiger partial charge < -0.3 is 4.90 Å². The van der Waals surface area contributed by atoms with Crippen molar-refractivity contribution in [2.45, 2.75) is 37.8 Å². The van der Waals surface area contributed by atoms with Crippen molar-refractivity contribution in [3.63, 3.8) is 0 Å². The summed E-state index contributed by atoms with van der Waals surface area (Å²) in [5, 5.41) is 1.01. The minimum Gasteiger partial charge on any atom is -0.337 e. The van der Waals surface area contributed by atoms with E-state index in [0.717, 1.165) is 49.7 Å². The molecule has 1 aliphatic carbocycles. The highest BCUT2D eigenvalue weighted by atomic mass is 16.2. The Hall–Kier alpha value is -2.72. The molecule has 29 heavy (non-hydrogen) atoms. The molecule has 1 atom stereocenters. The van der Waals surface area contributed by atoms with Crippen LogP contribution in [0.5, 0.6) is 0 Å². The van der Waals surface area contributed by atoms with Crippen molar-refractivity contribution in [2.24, 2.45) is 0 Å². The fourth-order valence-electron chi connectivity index (χ4n) is 4.98. The molecule has 148 valence electrons. The number of likely N-dealkylation sites (N-methyl/N-ethyl adjacent to an activating group) is 1. The third kappa shape index (κ3) is 3.53. The van der Waals surface area contributed by atoms with E-state index in [9.17, 15) is 4.79 Å². The molecule has 2 aromatic carbocycles. The van der Waals surface area contributed by atoms with Crippen LogP contribution in [0, 0.1) is 0 Å². The Morgan fingerprint density at radius 1 is 1.07 bits per heavy atom. The molecule has 0 bridgehead atoms. The Morgan fingerprint density at radius 3 is 2.59 bits per heavy atom. The van der Waals surface area contributed by atoms with Crippen LogP contribution in [0.2, 0.25) is 0 Å². The van der Waals surface area contributed by atoms with Crippen molar-refractivity contribution in [3.8, 4) is 0 Å². The number of hydrogen-bond donors (Lipinski definition) is 0. The molecule has 0 radical (unpaired) electrons. The minimum atomic E-state index is 0.0739. The maximum absolute atomic E-state index is 13.2. The van der Waals surface area contributed by atoms with E-state index in [0.29, 0.717) is 11.6 Å². The topological polar surface area (TPSA) is 36.4 Å². The number of rotatable bonds is 3. The SMILES string of the molecule is CN(C(=O)c1cnc2ccccc2c1)C1CCCN(C2Cc3ccccc3C2)C1. The first-order valence-corrected chi connectivity index (χ1v) is 10.6. The van der Waals surface area contributed by atoms with Crippen LogP contribution < -0.4 is 0 Å². The lowest BCUT2D eigenvalue weighted by Gasteiger charge is -2.40.